The smallest absolute Gasteiger partial charge is 0.131 e. The molecule has 20 heavy (non-hydrogen) atoms. The molecular formula is C17H19F2N. The van der Waals surface area contributed by atoms with E-state index in [1.54, 1.807) is 0 Å². The Bertz CT molecular complexity index is 556. The minimum absolute atomic E-state index is 0.0795. The first-order chi connectivity index (χ1) is 9.49. The molecule has 0 aromatic heterocycles. The zero-order valence-electron chi connectivity index (χ0n) is 11.7. The Kier molecular flexibility index (Phi) is 4.50. The van der Waals surface area contributed by atoms with Gasteiger partial charge in [0.2, 0.25) is 0 Å². The van der Waals surface area contributed by atoms with Crippen LogP contribution in [-0.4, -0.2) is 0 Å². The predicted molar refractivity (Wildman–Crippen MR) is 77.4 cm³/mol. The van der Waals surface area contributed by atoms with Crippen molar-refractivity contribution in [2.45, 2.75) is 26.3 Å². The molecule has 1 nitrogen and oxygen atoms in total. The molecule has 0 aliphatic heterocycles. The van der Waals surface area contributed by atoms with Crippen LogP contribution >= 0.6 is 0 Å². The fourth-order valence-electron chi connectivity index (χ4n) is 2.31. The molecule has 2 N–H and O–H groups in total. The normalized spacial score (nSPS) is 12.7. The SMILES string of the molecule is CC(C)Cc1ccc(C(N)c2c(F)cccc2F)cc1. The number of rotatable bonds is 4. The summed E-state index contributed by atoms with van der Waals surface area (Å²) in [6.07, 6.45) is 0.976. The Morgan fingerprint density at radius 1 is 0.950 bits per heavy atom. The van der Waals surface area contributed by atoms with Crippen LogP contribution in [0.15, 0.2) is 42.5 Å². The molecule has 106 valence electrons. The number of hydrogen-bond donors (Lipinski definition) is 1. The summed E-state index contributed by atoms with van der Waals surface area (Å²) < 4.78 is 27.4. The van der Waals surface area contributed by atoms with Gasteiger partial charge in [0.1, 0.15) is 11.6 Å². The van der Waals surface area contributed by atoms with E-state index in [0.717, 1.165) is 6.42 Å². The standard InChI is InChI=1S/C17H19F2N/c1-11(2)10-12-6-8-13(9-7-12)17(20)16-14(18)4-3-5-15(16)19/h3-9,11,17H,10,20H2,1-2H3. The van der Waals surface area contributed by atoms with Crippen molar-refractivity contribution in [2.24, 2.45) is 11.7 Å². The van der Waals surface area contributed by atoms with Crippen molar-refractivity contribution in [3.63, 3.8) is 0 Å². The Morgan fingerprint density at radius 2 is 1.50 bits per heavy atom. The lowest BCUT2D eigenvalue weighted by Crippen LogP contribution is -2.15. The van der Waals surface area contributed by atoms with Gasteiger partial charge in [-0.1, -0.05) is 44.2 Å². The van der Waals surface area contributed by atoms with Crippen molar-refractivity contribution in [2.75, 3.05) is 0 Å². The molecule has 0 saturated carbocycles. The van der Waals surface area contributed by atoms with Gasteiger partial charge in [0.05, 0.1) is 6.04 Å². The molecule has 1 atom stereocenters. The molecule has 2 aromatic rings. The monoisotopic (exact) mass is 275 g/mol. The van der Waals surface area contributed by atoms with E-state index in [1.165, 1.54) is 23.8 Å². The van der Waals surface area contributed by atoms with Gasteiger partial charge in [-0.05, 0) is 35.6 Å². The highest BCUT2D eigenvalue weighted by Gasteiger charge is 2.18. The average Bonchev–Trinajstić information content (AvgIpc) is 2.38. The van der Waals surface area contributed by atoms with Crippen molar-refractivity contribution in [3.8, 4) is 0 Å². The first-order valence-corrected chi connectivity index (χ1v) is 6.77. The van der Waals surface area contributed by atoms with E-state index in [4.69, 9.17) is 5.73 Å². The van der Waals surface area contributed by atoms with E-state index in [1.807, 2.05) is 24.3 Å². The average molecular weight is 275 g/mol. The molecule has 0 spiro atoms. The molecule has 3 heteroatoms. The van der Waals surface area contributed by atoms with Crippen molar-refractivity contribution >= 4 is 0 Å². The van der Waals surface area contributed by atoms with Crippen molar-refractivity contribution < 1.29 is 8.78 Å². The Morgan fingerprint density at radius 3 is 2.00 bits per heavy atom. The van der Waals surface area contributed by atoms with Gasteiger partial charge in [-0.3, -0.25) is 0 Å². The molecule has 2 rings (SSSR count). The van der Waals surface area contributed by atoms with Gasteiger partial charge >= 0.3 is 0 Å². The maximum absolute atomic E-state index is 13.7. The summed E-state index contributed by atoms with van der Waals surface area (Å²) in [5, 5.41) is 0. The number of nitrogens with two attached hydrogens (primary N) is 1. The molecule has 2 aromatic carbocycles. The van der Waals surface area contributed by atoms with Crippen LogP contribution in [0.25, 0.3) is 0 Å². The van der Waals surface area contributed by atoms with Gasteiger partial charge in [0.25, 0.3) is 0 Å². The highest BCUT2D eigenvalue weighted by molar-refractivity contribution is 5.34. The summed E-state index contributed by atoms with van der Waals surface area (Å²) in [6, 6.07) is 10.6. The molecule has 0 amide bonds. The van der Waals surface area contributed by atoms with Crippen LogP contribution in [0.3, 0.4) is 0 Å². The van der Waals surface area contributed by atoms with E-state index in [9.17, 15) is 8.78 Å². The van der Waals surface area contributed by atoms with Crippen LogP contribution in [0.5, 0.6) is 0 Å². The summed E-state index contributed by atoms with van der Waals surface area (Å²) >= 11 is 0. The summed E-state index contributed by atoms with van der Waals surface area (Å²) in [6.45, 7) is 4.29. The van der Waals surface area contributed by atoms with Crippen LogP contribution in [0, 0.1) is 17.6 Å². The minimum Gasteiger partial charge on any atom is -0.320 e. The molecular weight excluding hydrogens is 256 g/mol. The topological polar surface area (TPSA) is 26.0 Å². The maximum Gasteiger partial charge on any atom is 0.131 e. The van der Waals surface area contributed by atoms with E-state index in [0.29, 0.717) is 11.5 Å². The second-order valence-electron chi connectivity index (χ2n) is 5.45. The molecule has 1 unspecified atom stereocenters. The lowest BCUT2D eigenvalue weighted by Gasteiger charge is -2.15. The zero-order chi connectivity index (χ0) is 14.7. The number of halogens is 2. The molecule has 0 radical (unpaired) electrons. The lowest BCUT2D eigenvalue weighted by atomic mass is 9.95. The van der Waals surface area contributed by atoms with Gasteiger partial charge in [-0.25, -0.2) is 8.78 Å². The molecule has 0 fully saturated rings. The van der Waals surface area contributed by atoms with Gasteiger partial charge in [-0.2, -0.15) is 0 Å². The lowest BCUT2D eigenvalue weighted by molar-refractivity contribution is 0.543. The number of hydrogen-bond acceptors (Lipinski definition) is 1. The quantitative estimate of drug-likeness (QED) is 0.888. The van der Waals surface area contributed by atoms with E-state index in [-0.39, 0.29) is 5.56 Å². The highest BCUT2D eigenvalue weighted by atomic mass is 19.1. The van der Waals surface area contributed by atoms with Crippen molar-refractivity contribution in [1.82, 2.24) is 0 Å². The third kappa shape index (κ3) is 3.23. The fraction of sp³-hybridized carbons (Fsp3) is 0.294. The van der Waals surface area contributed by atoms with Gasteiger partial charge in [-0.15, -0.1) is 0 Å². The third-order valence-corrected chi connectivity index (χ3v) is 3.29. The van der Waals surface area contributed by atoms with Crippen LogP contribution < -0.4 is 5.73 Å². The second kappa shape index (κ2) is 6.14. The van der Waals surface area contributed by atoms with Gasteiger partial charge in [0.15, 0.2) is 0 Å². The fourth-order valence-corrected chi connectivity index (χ4v) is 2.31. The van der Waals surface area contributed by atoms with Crippen molar-refractivity contribution in [3.05, 3.63) is 70.8 Å². The highest BCUT2D eigenvalue weighted by Crippen LogP contribution is 2.25. The molecule has 0 bridgehead atoms. The van der Waals surface area contributed by atoms with Crippen LogP contribution in [0.4, 0.5) is 8.78 Å². The summed E-state index contributed by atoms with van der Waals surface area (Å²) in [5.41, 5.74) is 7.82. The Balaban J connectivity index is 2.27. The van der Waals surface area contributed by atoms with E-state index >= 15 is 0 Å². The summed E-state index contributed by atoms with van der Waals surface area (Å²) in [5.74, 6) is -0.647. The van der Waals surface area contributed by atoms with Crippen molar-refractivity contribution in [1.29, 1.82) is 0 Å². The molecule has 0 saturated heterocycles. The maximum atomic E-state index is 13.7. The van der Waals surface area contributed by atoms with Crippen LogP contribution in [0.2, 0.25) is 0 Å². The van der Waals surface area contributed by atoms with E-state index in [2.05, 4.69) is 13.8 Å². The molecule has 0 aliphatic carbocycles. The van der Waals surface area contributed by atoms with Crippen LogP contribution in [-0.2, 0) is 6.42 Å². The zero-order valence-corrected chi connectivity index (χ0v) is 11.7. The molecule has 0 heterocycles. The van der Waals surface area contributed by atoms with Crippen LogP contribution in [0.1, 0.15) is 36.6 Å². The summed E-state index contributed by atoms with van der Waals surface area (Å²) in [4.78, 5) is 0. The Hall–Kier alpha value is -1.74. The second-order valence-corrected chi connectivity index (χ2v) is 5.45. The number of benzene rings is 2. The predicted octanol–water partition coefficient (Wildman–Crippen LogP) is 4.21. The minimum atomic E-state index is -0.788. The first kappa shape index (κ1) is 14.7. The third-order valence-electron chi connectivity index (χ3n) is 3.29. The molecule has 0 aliphatic rings. The largest absolute Gasteiger partial charge is 0.320 e. The van der Waals surface area contributed by atoms with Gasteiger partial charge in [0, 0.05) is 5.56 Å². The summed E-state index contributed by atoms with van der Waals surface area (Å²) in [7, 11) is 0. The Labute approximate surface area is 118 Å². The first-order valence-electron chi connectivity index (χ1n) is 6.77. The van der Waals surface area contributed by atoms with Gasteiger partial charge < -0.3 is 5.73 Å². The van der Waals surface area contributed by atoms with E-state index < -0.39 is 17.7 Å².